The number of carboxylic acid groups (broad SMARTS) is 1. The molecule has 96 valence electrons. The number of esters is 1. The van der Waals surface area contributed by atoms with Crippen LogP contribution in [0.25, 0.3) is 0 Å². The highest BCUT2D eigenvalue weighted by Crippen LogP contribution is 2.16. The normalized spacial score (nSPS) is 9.89. The first-order valence-corrected chi connectivity index (χ1v) is 5.73. The Morgan fingerprint density at radius 3 is 2.32 bits per heavy atom. The van der Waals surface area contributed by atoms with E-state index < -0.39 is 11.9 Å². The minimum Gasteiger partial charge on any atom is -0.473 e. The molecule has 0 aromatic heterocycles. The maximum Gasteiger partial charge on any atom is 0.422 e. The highest BCUT2D eigenvalue weighted by atomic mass is 16.6. The fourth-order valence-electron chi connectivity index (χ4n) is 1.70. The highest BCUT2D eigenvalue weighted by Gasteiger charge is 2.14. The van der Waals surface area contributed by atoms with Crippen LogP contribution in [0.5, 0.6) is 5.75 Å². The molecule has 0 bridgehead atoms. The molecule has 0 spiro atoms. The molecular formula is C15H12O4. The molecule has 2 rings (SSSR count). The van der Waals surface area contributed by atoms with Crippen LogP contribution in [-0.2, 0) is 16.0 Å². The Morgan fingerprint density at radius 1 is 0.947 bits per heavy atom. The summed E-state index contributed by atoms with van der Waals surface area (Å²) in [7, 11) is 0. The molecule has 4 heteroatoms. The fourth-order valence-corrected chi connectivity index (χ4v) is 1.70. The van der Waals surface area contributed by atoms with Gasteiger partial charge in [-0.2, -0.15) is 0 Å². The summed E-state index contributed by atoms with van der Waals surface area (Å²) in [5.74, 6) is -2.65. The Bertz CT molecular complexity index is 590. The van der Waals surface area contributed by atoms with E-state index in [9.17, 15) is 9.59 Å². The minimum atomic E-state index is -1.60. The van der Waals surface area contributed by atoms with Gasteiger partial charge in [0.15, 0.2) is 0 Å². The van der Waals surface area contributed by atoms with Gasteiger partial charge < -0.3 is 9.84 Å². The van der Waals surface area contributed by atoms with E-state index in [1.165, 1.54) is 0 Å². The number of rotatable bonds is 3. The van der Waals surface area contributed by atoms with E-state index in [0.29, 0.717) is 6.42 Å². The molecule has 0 saturated carbocycles. The first kappa shape index (κ1) is 12.8. The quantitative estimate of drug-likeness (QED) is 0.520. The lowest BCUT2D eigenvalue weighted by molar-refractivity contribution is -0.158. The zero-order valence-corrected chi connectivity index (χ0v) is 10.1. The predicted octanol–water partition coefficient (Wildman–Crippen LogP) is 2.27. The second-order valence-electron chi connectivity index (χ2n) is 4.00. The standard InChI is InChI=1S/C15H12O4/c16-14(17)15(18)19-13-8-4-7-12(10-13)9-11-5-2-1-3-6-11/h1-8,10H,9H2,(H,16,17). The van der Waals surface area contributed by atoms with Crippen molar-refractivity contribution in [2.75, 3.05) is 0 Å². The van der Waals surface area contributed by atoms with Gasteiger partial charge in [-0.1, -0.05) is 42.5 Å². The molecule has 0 aliphatic carbocycles. The largest absolute Gasteiger partial charge is 0.473 e. The van der Waals surface area contributed by atoms with Gasteiger partial charge in [-0.15, -0.1) is 0 Å². The van der Waals surface area contributed by atoms with E-state index in [2.05, 4.69) is 0 Å². The Hall–Kier alpha value is -2.62. The molecule has 4 nitrogen and oxygen atoms in total. The number of aliphatic carboxylic acids is 1. The number of hydrogen-bond acceptors (Lipinski definition) is 3. The van der Waals surface area contributed by atoms with Gasteiger partial charge in [0.2, 0.25) is 0 Å². The van der Waals surface area contributed by atoms with Crippen LogP contribution in [0, 0.1) is 0 Å². The summed E-state index contributed by atoms with van der Waals surface area (Å²) >= 11 is 0. The van der Waals surface area contributed by atoms with E-state index in [1.807, 2.05) is 36.4 Å². The summed E-state index contributed by atoms with van der Waals surface area (Å²) in [6, 6.07) is 16.7. The number of carboxylic acids is 1. The van der Waals surface area contributed by atoms with Crippen LogP contribution < -0.4 is 4.74 Å². The number of benzene rings is 2. The summed E-state index contributed by atoms with van der Waals surface area (Å²) in [6.45, 7) is 0. The van der Waals surface area contributed by atoms with Crippen molar-refractivity contribution in [1.82, 2.24) is 0 Å². The molecule has 2 aromatic rings. The van der Waals surface area contributed by atoms with Gasteiger partial charge in [0.05, 0.1) is 0 Å². The zero-order valence-electron chi connectivity index (χ0n) is 10.1. The van der Waals surface area contributed by atoms with Crippen molar-refractivity contribution in [3.63, 3.8) is 0 Å². The zero-order chi connectivity index (χ0) is 13.7. The molecule has 0 unspecified atom stereocenters. The van der Waals surface area contributed by atoms with E-state index in [0.717, 1.165) is 11.1 Å². The average Bonchev–Trinajstić information content (AvgIpc) is 2.40. The van der Waals surface area contributed by atoms with Crippen LogP contribution in [0.2, 0.25) is 0 Å². The highest BCUT2D eigenvalue weighted by molar-refractivity contribution is 6.29. The number of carbonyl (C=O) groups excluding carboxylic acids is 1. The van der Waals surface area contributed by atoms with Crippen LogP contribution in [0.3, 0.4) is 0 Å². The number of ether oxygens (including phenoxy) is 1. The minimum absolute atomic E-state index is 0.237. The number of carbonyl (C=O) groups is 2. The fraction of sp³-hybridized carbons (Fsp3) is 0.0667. The third-order valence-corrected chi connectivity index (χ3v) is 2.53. The summed E-state index contributed by atoms with van der Waals surface area (Å²) in [5.41, 5.74) is 2.08. The lowest BCUT2D eigenvalue weighted by Gasteiger charge is -2.05. The molecule has 0 atom stereocenters. The Morgan fingerprint density at radius 2 is 1.63 bits per heavy atom. The predicted molar refractivity (Wildman–Crippen MR) is 69.0 cm³/mol. The van der Waals surface area contributed by atoms with Crippen molar-refractivity contribution in [2.45, 2.75) is 6.42 Å². The van der Waals surface area contributed by atoms with Crippen LogP contribution in [0.15, 0.2) is 54.6 Å². The molecule has 0 aliphatic rings. The number of hydrogen-bond donors (Lipinski definition) is 1. The van der Waals surface area contributed by atoms with Crippen molar-refractivity contribution in [3.8, 4) is 5.75 Å². The van der Waals surface area contributed by atoms with Crippen molar-refractivity contribution < 1.29 is 19.4 Å². The van der Waals surface area contributed by atoms with Gasteiger partial charge in [-0.25, -0.2) is 9.59 Å². The maximum absolute atomic E-state index is 11.0. The molecule has 0 fully saturated rings. The van der Waals surface area contributed by atoms with E-state index in [1.54, 1.807) is 18.2 Å². The summed E-state index contributed by atoms with van der Waals surface area (Å²) < 4.78 is 4.72. The van der Waals surface area contributed by atoms with Crippen LogP contribution in [0.4, 0.5) is 0 Å². The Labute approximate surface area is 110 Å². The van der Waals surface area contributed by atoms with Gasteiger partial charge >= 0.3 is 11.9 Å². The molecule has 0 saturated heterocycles. The van der Waals surface area contributed by atoms with E-state index in [4.69, 9.17) is 9.84 Å². The van der Waals surface area contributed by atoms with Crippen molar-refractivity contribution in [3.05, 3.63) is 65.7 Å². The van der Waals surface area contributed by atoms with Gasteiger partial charge in [-0.05, 0) is 29.7 Å². The summed E-state index contributed by atoms with van der Waals surface area (Å²) in [5, 5.41) is 8.47. The lowest BCUT2D eigenvalue weighted by Crippen LogP contribution is -2.19. The first-order valence-electron chi connectivity index (χ1n) is 5.73. The van der Waals surface area contributed by atoms with Crippen molar-refractivity contribution >= 4 is 11.9 Å². The average molecular weight is 256 g/mol. The van der Waals surface area contributed by atoms with E-state index >= 15 is 0 Å². The topological polar surface area (TPSA) is 63.6 Å². The molecular weight excluding hydrogens is 244 g/mol. The molecule has 19 heavy (non-hydrogen) atoms. The second-order valence-corrected chi connectivity index (χ2v) is 4.00. The van der Waals surface area contributed by atoms with Crippen LogP contribution >= 0.6 is 0 Å². The summed E-state index contributed by atoms with van der Waals surface area (Å²) in [6.07, 6.45) is 0.694. The molecule has 1 N–H and O–H groups in total. The maximum atomic E-state index is 11.0. The molecule has 0 heterocycles. The molecule has 0 amide bonds. The van der Waals surface area contributed by atoms with Crippen molar-refractivity contribution in [1.29, 1.82) is 0 Å². The van der Waals surface area contributed by atoms with E-state index in [-0.39, 0.29) is 5.75 Å². The van der Waals surface area contributed by atoms with Gasteiger partial charge in [0.25, 0.3) is 0 Å². The van der Waals surface area contributed by atoms with Crippen LogP contribution in [0.1, 0.15) is 11.1 Å². The Kier molecular flexibility index (Phi) is 3.93. The molecule has 0 aliphatic heterocycles. The van der Waals surface area contributed by atoms with Gasteiger partial charge in [0.1, 0.15) is 5.75 Å². The van der Waals surface area contributed by atoms with Gasteiger partial charge in [-0.3, -0.25) is 0 Å². The third kappa shape index (κ3) is 3.67. The first-order chi connectivity index (χ1) is 9.15. The van der Waals surface area contributed by atoms with Gasteiger partial charge in [0, 0.05) is 0 Å². The second kappa shape index (κ2) is 5.82. The third-order valence-electron chi connectivity index (χ3n) is 2.53. The monoisotopic (exact) mass is 256 g/mol. The van der Waals surface area contributed by atoms with Crippen LogP contribution in [-0.4, -0.2) is 17.0 Å². The molecule has 2 aromatic carbocycles. The SMILES string of the molecule is O=C(O)C(=O)Oc1cccc(Cc2ccccc2)c1. The van der Waals surface area contributed by atoms with Crippen molar-refractivity contribution in [2.24, 2.45) is 0 Å². The molecule has 0 radical (unpaired) electrons. The Balaban J connectivity index is 2.11. The smallest absolute Gasteiger partial charge is 0.422 e. The summed E-state index contributed by atoms with van der Waals surface area (Å²) in [4.78, 5) is 21.4. The lowest BCUT2D eigenvalue weighted by atomic mass is 10.1.